The summed E-state index contributed by atoms with van der Waals surface area (Å²) < 4.78 is 90.8. The molecule has 25 atom stereocenters. The molecule has 0 amide bonds. The molecule has 8 saturated heterocycles. The number of aromatic hydroxyl groups is 3. The first kappa shape index (κ1) is 60.1. The lowest BCUT2D eigenvalue weighted by Gasteiger charge is -2.51. The van der Waals surface area contributed by atoms with Crippen molar-refractivity contribution < 1.29 is 106 Å². The smallest absolute Gasteiger partial charge is 0.202 e. The molecule has 0 unspecified atom stereocenters. The summed E-state index contributed by atoms with van der Waals surface area (Å²) in [5, 5.41) is 47.9. The molecule has 12 rings (SSSR count). The molecule has 4 N–H and O–H groups in total. The number of hydrogen-bond acceptors (Lipinski definition) is 24. The fraction of sp³-hybridized carbons (Fsp3) is 0.733. The van der Waals surface area contributed by atoms with Gasteiger partial charge in [0.2, 0.25) is 5.78 Å². The van der Waals surface area contributed by atoms with Crippen molar-refractivity contribution in [2.45, 2.75) is 253 Å². The van der Waals surface area contributed by atoms with Crippen LogP contribution in [0.25, 0.3) is 0 Å². The molecular weight excluding hydrogens is 1100 g/mol. The first-order valence-corrected chi connectivity index (χ1v) is 29.7. The fourth-order valence-corrected chi connectivity index (χ4v) is 14.4. The summed E-state index contributed by atoms with van der Waals surface area (Å²) in [4.78, 5) is 58.3. The van der Waals surface area contributed by atoms with Crippen LogP contribution in [0, 0.1) is 0 Å². The zero-order valence-electron chi connectivity index (χ0n) is 49.3. The first-order valence-electron chi connectivity index (χ1n) is 29.7. The van der Waals surface area contributed by atoms with Gasteiger partial charge in [-0.05, 0) is 99.9 Å². The van der Waals surface area contributed by atoms with Crippen molar-refractivity contribution in [3.63, 3.8) is 0 Å². The molecular formula is C60H80N2O22. The fourth-order valence-electron chi connectivity index (χ4n) is 14.4. The number of rotatable bonds is 11. The molecule has 2 aliphatic carbocycles. The normalized spacial score (nSPS) is 43.9. The highest BCUT2D eigenvalue weighted by atomic mass is 16.8. The Morgan fingerprint density at radius 2 is 1.00 bits per heavy atom. The van der Waals surface area contributed by atoms with Crippen LogP contribution in [0.1, 0.15) is 155 Å². The second kappa shape index (κ2) is 23.1. The number of carbonyl (C=O) groups is 4. The minimum Gasteiger partial charge on any atom is -0.507 e. The number of hydrogen-bond donors (Lipinski definition) is 4. The van der Waals surface area contributed by atoms with Crippen LogP contribution < -0.4 is 0 Å². The zero-order valence-corrected chi connectivity index (χ0v) is 49.3. The number of carbonyl (C=O) groups excluding carboxylic acids is 4. The molecule has 10 aliphatic rings. The van der Waals surface area contributed by atoms with Crippen molar-refractivity contribution in [2.24, 2.45) is 0 Å². The highest BCUT2D eigenvalue weighted by Crippen LogP contribution is 2.56. The van der Waals surface area contributed by atoms with Gasteiger partial charge in [0, 0.05) is 68.2 Å². The Labute approximate surface area is 487 Å². The van der Waals surface area contributed by atoms with Crippen LogP contribution in [-0.4, -0.2) is 222 Å². The maximum absolute atomic E-state index is 14.6. The number of fused-ring (bicyclic) bond motifs is 7. The van der Waals surface area contributed by atoms with E-state index in [2.05, 4.69) is 0 Å². The molecule has 0 spiro atoms. The third kappa shape index (κ3) is 10.7. The number of ether oxygens (including phenoxy) is 14. The van der Waals surface area contributed by atoms with Crippen LogP contribution in [0.5, 0.6) is 17.2 Å². The summed E-state index contributed by atoms with van der Waals surface area (Å²) in [5.41, 5.74) is -3.22. The minimum atomic E-state index is -1.83. The van der Waals surface area contributed by atoms with E-state index >= 15 is 0 Å². The van der Waals surface area contributed by atoms with Gasteiger partial charge in [0.05, 0.1) is 65.0 Å². The second-order valence-electron chi connectivity index (χ2n) is 25.0. The third-order valence-corrected chi connectivity index (χ3v) is 19.1. The molecule has 0 radical (unpaired) electrons. The van der Waals surface area contributed by atoms with E-state index in [0.29, 0.717) is 12.8 Å². The maximum Gasteiger partial charge on any atom is 0.202 e. The Hall–Kier alpha value is -4.16. The molecule has 24 heteroatoms. The van der Waals surface area contributed by atoms with E-state index in [4.69, 9.17) is 66.3 Å². The van der Waals surface area contributed by atoms with E-state index in [9.17, 15) is 39.6 Å². The van der Waals surface area contributed by atoms with Crippen LogP contribution in [0.3, 0.4) is 0 Å². The predicted molar refractivity (Wildman–Crippen MR) is 288 cm³/mol. The number of aliphatic hydroxyl groups is 1. The van der Waals surface area contributed by atoms with Gasteiger partial charge in [-0.25, -0.2) is 0 Å². The van der Waals surface area contributed by atoms with Gasteiger partial charge in [-0.15, -0.1) is 0 Å². The van der Waals surface area contributed by atoms with Crippen molar-refractivity contribution >= 4 is 23.1 Å². The number of phenols is 3. The van der Waals surface area contributed by atoms with Gasteiger partial charge in [-0.3, -0.25) is 19.2 Å². The van der Waals surface area contributed by atoms with Crippen molar-refractivity contribution in [2.75, 3.05) is 28.2 Å². The van der Waals surface area contributed by atoms with Crippen LogP contribution in [0.2, 0.25) is 0 Å². The van der Waals surface area contributed by atoms with E-state index in [1.54, 1.807) is 20.8 Å². The quantitative estimate of drug-likeness (QED) is 0.196. The molecule has 2 aromatic carbocycles. The molecule has 8 aliphatic heterocycles. The Bertz CT molecular complexity index is 2870. The van der Waals surface area contributed by atoms with Gasteiger partial charge in [0.15, 0.2) is 55.1 Å². The number of likely N-dealkylation sites (N-methyl/N-ethyl adjacent to an activating group) is 2. The predicted octanol–water partition coefficient (Wildman–Crippen LogP) is 4.12. The molecule has 462 valence electrons. The Morgan fingerprint density at radius 1 is 0.548 bits per heavy atom. The van der Waals surface area contributed by atoms with Gasteiger partial charge in [-0.2, -0.15) is 0 Å². The van der Waals surface area contributed by atoms with Gasteiger partial charge < -0.3 is 96.5 Å². The van der Waals surface area contributed by atoms with Crippen molar-refractivity contribution in [3.8, 4) is 17.2 Å². The van der Waals surface area contributed by atoms with Crippen LogP contribution >= 0.6 is 0 Å². The minimum absolute atomic E-state index is 0.0276. The zero-order chi connectivity index (χ0) is 59.7. The third-order valence-electron chi connectivity index (χ3n) is 19.1. The summed E-state index contributed by atoms with van der Waals surface area (Å²) in [5.74, 6) is -3.64. The molecule has 8 heterocycles. The summed E-state index contributed by atoms with van der Waals surface area (Å²) in [6.07, 6.45) is -13.4. The van der Waals surface area contributed by atoms with E-state index < -0.39 is 187 Å². The Kier molecular flexibility index (Phi) is 16.5. The lowest BCUT2D eigenvalue weighted by atomic mass is 9.71. The number of phenolic OH excluding ortho intramolecular Hbond substituents is 3. The first-order chi connectivity index (χ1) is 39.9. The highest BCUT2D eigenvalue weighted by Gasteiger charge is 2.57. The van der Waals surface area contributed by atoms with Crippen molar-refractivity contribution in [3.05, 3.63) is 51.6 Å². The number of nitrogens with zero attached hydrogens (tertiary/aromatic N) is 2. The lowest BCUT2D eigenvalue weighted by molar-refractivity contribution is -0.372. The standard InChI is InChI=1S/C60H80N2O22/c1-12-60(70)22-41(79-42-16-31(61(8)9)53(25(4)71-42)80-44-20-37-55(27(6)73-44)83-58-39(77-37)18-35(65)23(2)75-58)29-15-30-46(52(69)49-34(64)14-13-33(63)48(49)50(30)67)51(68)47(29)57(60)82-43-17-32(62(10)11)54(26(5)72-43)81-45-21-38-56(28(7)74-45)84-59-40(78-38)19-36(66)24(3)76-59/h13-15,23-28,31-32,37-45,53-59,63-64,68,70H,12,16-22H2,1-11H3/t23-,24-,25+,26+,27+,28-,31-,32+,37+,38+,39-,40-,41-,42-,43-,44+,45-,53-,54+,55-,56-,57-,58-,59+,60-/m0/s1. The second-order valence-corrected chi connectivity index (χ2v) is 25.0. The van der Waals surface area contributed by atoms with E-state index in [1.807, 2.05) is 65.7 Å². The van der Waals surface area contributed by atoms with E-state index in [-0.39, 0.29) is 78.9 Å². The molecule has 0 aromatic heterocycles. The highest BCUT2D eigenvalue weighted by molar-refractivity contribution is 6.31. The number of ketones is 4. The van der Waals surface area contributed by atoms with Gasteiger partial charge in [0.1, 0.15) is 72.2 Å². The average Bonchev–Trinajstić information content (AvgIpc) is 0.829. The van der Waals surface area contributed by atoms with Crippen molar-refractivity contribution in [1.82, 2.24) is 9.80 Å². The molecule has 84 heavy (non-hydrogen) atoms. The molecule has 0 saturated carbocycles. The van der Waals surface area contributed by atoms with Crippen LogP contribution in [0.4, 0.5) is 0 Å². The van der Waals surface area contributed by atoms with Crippen LogP contribution in [-0.2, 0) is 75.9 Å². The summed E-state index contributed by atoms with van der Waals surface area (Å²) >= 11 is 0. The average molecular weight is 1180 g/mol. The lowest BCUT2D eigenvalue weighted by Crippen LogP contribution is -2.62. The monoisotopic (exact) mass is 1180 g/mol. The van der Waals surface area contributed by atoms with E-state index in [0.717, 1.165) is 12.1 Å². The number of benzene rings is 2. The van der Waals surface area contributed by atoms with Gasteiger partial charge >= 0.3 is 0 Å². The van der Waals surface area contributed by atoms with Crippen LogP contribution in [0.15, 0.2) is 18.2 Å². The molecule has 0 bridgehead atoms. The van der Waals surface area contributed by atoms with Crippen molar-refractivity contribution in [1.29, 1.82) is 0 Å². The molecule has 8 fully saturated rings. The Balaban J connectivity index is 0.801. The summed E-state index contributed by atoms with van der Waals surface area (Å²) in [6.45, 7) is 12.6. The molecule has 24 nitrogen and oxygen atoms in total. The Morgan fingerprint density at radius 3 is 1.48 bits per heavy atom. The number of Topliss-reactive ketones (excluding diaryl/α,β-unsaturated/α-hetero) is 2. The SMILES string of the molecule is CC[C@]1(O)C[C@H](O[C@H]2C[C@H](N(C)C)[C@@H](O[C@@H]3C[C@H]4O[C@H]5CC(=O)[C@H](C)O[C@H]5O[C@H]4[C@@H](C)O3)[C@@H](C)O2)c2cc3c(c(O)c2[C@@H]1O[C@H]1C[C@@H](N(C)C)[C@H](O[C@H]2C[C@H]4O[C@H]5CC(=O)[C@H](C)O[C@@H]5O[C@H]4[C@H](C)O2)[C@@H](C)O1)C(=O)c1c(O)ccc(O)c1C3=O. The maximum atomic E-state index is 14.6. The van der Waals surface area contributed by atoms with E-state index in [1.165, 1.54) is 6.07 Å². The molecule has 2 aromatic rings. The summed E-state index contributed by atoms with van der Waals surface area (Å²) in [7, 11) is 7.63. The largest absolute Gasteiger partial charge is 0.507 e. The van der Waals surface area contributed by atoms with Gasteiger partial charge in [-0.1, -0.05) is 6.92 Å². The summed E-state index contributed by atoms with van der Waals surface area (Å²) in [6, 6.07) is 2.94. The van der Waals surface area contributed by atoms with Gasteiger partial charge in [0.25, 0.3) is 0 Å². The topological polar surface area (TPSA) is 285 Å².